The molecule has 0 radical (unpaired) electrons. The summed E-state index contributed by atoms with van der Waals surface area (Å²) in [4.78, 5) is 37.4. The van der Waals surface area contributed by atoms with Crippen LogP contribution in [0.15, 0.2) is 11.0 Å². The van der Waals surface area contributed by atoms with Crippen molar-refractivity contribution in [2.45, 2.75) is 39.7 Å². The number of aromatic carboxylic acids is 1. The summed E-state index contributed by atoms with van der Waals surface area (Å²) >= 11 is 0. The molecule has 2 rings (SSSR count). The zero-order valence-corrected chi connectivity index (χ0v) is 14.0. The standard InChI is InChI=1S/C16H23N3O5/c1-3-4-16(10-20)5-6-18(9-16)12(21)8-19-14(22)13(15(23)24)11(2)7-17-19/h7,20H,3-6,8-10H2,1-2H3,(H,23,24). The number of carbonyl (C=O) groups is 2. The number of hydrogen-bond donors (Lipinski definition) is 2. The normalized spacial score (nSPS) is 20.4. The monoisotopic (exact) mass is 337 g/mol. The molecule has 0 aromatic carbocycles. The van der Waals surface area contributed by atoms with E-state index in [1.54, 1.807) is 4.90 Å². The molecule has 8 heteroatoms. The number of carbonyl (C=O) groups excluding carboxylic acids is 1. The van der Waals surface area contributed by atoms with Gasteiger partial charge in [-0.05, 0) is 25.3 Å². The van der Waals surface area contributed by atoms with Gasteiger partial charge in [0, 0.05) is 18.5 Å². The summed E-state index contributed by atoms with van der Waals surface area (Å²) < 4.78 is 0.886. The lowest BCUT2D eigenvalue weighted by Crippen LogP contribution is -2.39. The summed E-state index contributed by atoms with van der Waals surface area (Å²) in [6.45, 7) is 4.22. The molecule has 1 aliphatic heterocycles. The Labute approximate surface area is 139 Å². The summed E-state index contributed by atoms with van der Waals surface area (Å²) in [5, 5.41) is 22.6. The van der Waals surface area contributed by atoms with Crippen molar-refractivity contribution in [1.82, 2.24) is 14.7 Å². The second-order valence-corrected chi connectivity index (χ2v) is 6.44. The third-order valence-corrected chi connectivity index (χ3v) is 4.64. The molecule has 2 N–H and O–H groups in total. The Morgan fingerprint density at radius 2 is 2.12 bits per heavy atom. The van der Waals surface area contributed by atoms with Gasteiger partial charge in [-0.2, -0.15) is 5.10 Å². The molecule has 24 heavy (non-hydrogen) atoms. The Morgan fingerprint density at radius 3 is 2.71 bits per heavy atom. The van der Waals surface area contributed by atoms with E-state index in [4.69, 9.17) is 5.11 Å². The minimum Gasteiger partial charge on any atom is -0.477 e. The summed E-state index contributed by atoms with van der Waals surface area (Å²) in [6.07, 6.45) is 3.75. The van der Waals surface area contributed by atoms with Gasteiger partial charge in [-0.15, -0.1) is 0 Å². The van der Waals surface area contributed by atoms with Gasteiger partial charge in [0.1, 0.15) is 12.1 Å². The molecule has 132 valence electrons. The number of likely N-dealkylation sites (tertiary alicyclic amines) is 1. The second kappa shape index (κ2) is 7.12. The van der Waals surface area contributed by atoms with Crippen LogP contribution in [-0.2, 0) is 11.3 Å². The van der Waals surface area contributed by atoms with E-state index in [9.17, 15) is 19.5 Å². The topological polar surface area (TPSA) is 113 Å². The van der Waals surface area contributed by atoms with Crippen LogP contribution in [0.4, 0.5) is 0 Å². The smallest absolute Gasteiger partial charge is 0.341 e. The van der Waals surface area contributed by atoms with Crippen molar-refractivity contribution in [1.29, 1.82) is 0 Å². The molecule has 1 aromatic rings. The fraction of sp³-hybridized carbons (Fsp3) is 0.625. The fourth-order valence-corrected chi connectivity index (χ4v) is 3.26. The Balaban J connectivity index is 2.16. The Morgan fingerprint density at radius 1 is 1.42 bits per heavy atom. The third kappa shape index (κ3) is 3.48. The number of hydrogen-bond acceptors (Lipinski definition) is 5. The molecule has 8 nitrogen and oxygen atoms in total. The van der Waals surface area contributed by atoms with E-state index in [2.05, 4.69) is 5.10 Å². The number of carboxylic acids is 1. The molecule has 0 spiro atoms. The Kier molecular flexibility index (Phi) is 5.38. The van der Waals surface area contributed by atoms with Crippen LogP contribution in [0, 0.1) is 12.3 Å². The number of aromatic nitrogens is 2. The van der Waals surface area contributed by atoms with Crippen molar-refractivity contribution in [2.75, 3.05) is 19.7 Å². The first-order valence-electron chi connectivity index (χ1n) is 8.02. The van der Waals surface area contributed by atoms with Gasteiger partial charge in [-0.3, -0.25) is 9.59 Å². The molecule has 2 heterocycles. The van der Waals surface area contributed by atoms with Crippen LogP contribution in [0.1, 0.15) is 42.1 Å². The van der Waals surface area contributed by atoms with Gasteiger partial charge in [-0.25, -0.2) is 9.48 Å². The Bertz CT molecular complexity index is 699. The van der Waals surface area contributed by atoms with E-state index < -0.39 is 11.5 Å². The van der Waals surface area contributed by atoms with Crippen LogP contribution in [0.3, 0.4) is 0 Å². The van der Waals surface area contributed by atoms with Crippen LogP contribution >= 0.6 is 0 Å². The lowest BCUT2D eigenvalue weighted by molar-refractivity contribution is -0.131. The summed E-state index contributed by atoms with van der Waals surface area (Å²) in [5.74, 6) is -1.62. The average Bonchev–Trinajstić information content (AvgIpc) is 2.95. The minimum absolute atomic E-state index is 0.0243. The first-order valence-corrected chi connectivity index (χ1v) is 8.02. The molecule has 1 amide bonds. The molecule has 0 bridgehead atoms. The van der Waals surface area contributed by atoms with Crippen molar-refractivity contribution in [3.05, 3.63) is 27.7 Å². The molecule has 1 aromatic heterocycles. The van der Waals surface area contributed by atoms with Gasteiger partial charge in [0.05, 0.1) is 12.8 Å². The summed E-state index contributed by atoms with van der Waals surface area (Å²) in [5.41, 5.74) is -1.16. The molecule has 0 saturated carbocycles. The number of nitrogens with zero attached hydrogens (tertiary/aromatic N) is 3. The highest BCUT2D eigenvalue weighted by Gasteiger charge is 2.38. The lowest BCUT2D eigenvalue weighted by Gasteiger charge is -2.26. The molecule has 0 aliphatic carbocycles. The van der Waals surface area contributed by atoms with Gasteiger partial charge in [-0.1, -0.05) is 13.3 Å². The lowest BCUT2D eigenvalue weighted by atomic mass is 9.83. The van der Waals surface area contributed by atoms with E-state index in [0.29, 0.717) is 13.1 Å². The van der Waals surface area contributed by atoms with Crippen molar-refractivity contribution in [2.24, 2.45) is 5.41 Å². The first-order chi connectivity index (χ1) is 11.3. The molecular weight excluding hydrogens is 314 g/mol. The van der Waals surface area contributed by atoms with E-state index in [0.717, 1.165) is 23.9 Å². The molecule has 1 saturated heterocycles. The second-order valence-electron chi connectivity index (χ2n) is 6.44. The predicted octanol–water partition coefficient (Wildman–Crippen LogP) is 0.261. The third-order valence-electron chi connectivity index (χ3n) is 4.64. The SMILES string of the molecule is CCCC1(CO)CCN(C(=O)Cn2ncc(C)c(C(=O)O)c2=O)C1. The summed E-state index contributed by atoms with van der Waals surface area (Å²) in [6, 6.07) is 0. The maximum atomic E-state index is 12.4. The highest BCUT2D eigenvalue weighted by atomic mass is 16.4. The highest BCUT2D eigenvalue weighted by molar-refractivity contribution is 5.88. The van der Waals surface area contributed by atoms with E-state index in [-0.39, 0.29) is 35.6 Å². The number of aryl methyl sites for hydroxylation is 1. The molecule has 1 aliphatic rings. The number of aliphatic hydroxyl groups is 1. The molecule has 1 unspecified atom stereocenters. The number of aliphatic hydroxyl groups excluding tert-OH is 1. The van der Waals surface area contributed by atoms with Crippen LogP contribution < -0.4 is 5.56 Å². The van der Waals surface area contributed by atoms with Crippen molar-refractivity contribution in [3.63, 3.8) is 0 Å². The maximum Gasteiger partial charge on any atom is 0.341 e. The van der Waals surface area contributed by atoms with Crippen molar-refractivity contribution < 1.29 is 19.8 Å². The minimum atomic E-state index is -1.33. The van der Waals surface area contributed by atoms with Gasteiger partial charge in [0.15, 0.2) is 0 Å². The van der Waals surface area contributed by atoms with E-state index >= 15 is 0 Å². The van der Waals surface area contributed by atoms with Gasteiger partial charge in [0.2, 0.25) is 5.91 Å². The fourth-order valence-electron chi connectivity index (χ4n) is 3.26. The van der Waals surface area contributed by atoms with Crippen LogP contribution in [0.25, 0.3) is 0 Å². The van der Waals surface area contributed by atoms with E-state index in [1.807, 2.05) is 6.92 Å². The van der Waals surface area contributed by atoms with Crippen LogP contribution in [0.2, 0.25) is 0 Å². The summed E-state index contributed by atoms with van der Waals surface area (Å²) in [7, 11) is 0. The average molecular weight is 337 g/mol. The zero-order chi connectivity index (χ0) is 17.9. The zero-order valence-electron chi connectivity index (χ0n) is 14.0. The number of carboxylic acid groups (broad SMARTS) is 1. The van der Waals surface area contributed by atoms with Crippen LogP contribution in [-0.4, -0.2) is 56.5 Å². The quantitative estimate of drug-likeness (QED) is 0.770. The maximum absolute atomic E-state index is 12.4. The van der Waals surface area contributed by atoms with Gasteiger partial charge >= 0.3 is 5.97 Å². The number of rotatable bonds is 6. The molecular formula is C16H23N3O5. The number of amides is 1. The van der Waals surface area contributed by atoms with E-state index in [1.165, 1.54) is 13.1 Å². The largest absolute Gasteiger partial charge is 0.477 e. The molecule has 1 atom stereocenters. The Hall–Kier alpha value is -2.22. The van der Waals surface area contributed by atoms with Crippen LogP contribution in [0.5, 0.6) is 0 Å². The van der Waals surface area contributed by atoms with Crippen molar-refractivity contribution in [3.8, 4) is 0 Å². The predicted molar refractivity (Wildman–Crippen MR) is 85.8 cm³/mol. The van der Waals surface area contributed by atoms with Gasteiger partial charge in [0.25, 0.3) is 5.56 Å². The molecule has 1 fully saturated rings. The first kappa shape index (κ1) is 18.1. The highest BCUT2D eigenvalue weighted by Crippen LogP contribution is 2.34. The van der Waals surface area contributed by atoms with Crippen molar-refractivity contribution >= 4 is 11.9 Å². The van der Waals surface area contributed by atoms with Gasteiger partial charge < -0.3 is 15.1 Å².